The molecule has 0 saturated carbocycles. The van der Waals surface area contributed by atoms with Gasteiger partial charge in [-0.3, -0.25) is 0 Å². The van der Waals surface area contributed by atoms with Crippen LogP contribution in [0.3, 0.4) is 0 Å². The average Bonchev–Trinajstić information content (AvgIpc) is 3.56. The van der Waals surface area contributed by atoms with Gasteiger partial charge in [-0.15, -0.1) is 0 Å². The van der Waals surface area contributed by atoms with Gasteiger partial charge in [0.25, 0.3) is 0 Å². The van der Waals surface area contributed by atoms with Crippen LogP contribution >= 0.6 is 0 Å². The maximum Gasteiger partial charge on any atom is 0.416 e. The minimum Gasteiger partial charge on any atom is -0.508 e. The molecule has 7 nitrogen and oxygen atoms in total. The Morgan fingerprint density at radius 2 is 1.36 bits per heavy atom. The van der Waals surface area contributed by atoms with Gasteiger partial charge in [-0.25, -0.2) is 0 Å². The number of aromatic hydroxyl groups is 3. The predicted molar refractivity (Wildman–Crippen MR) is 158 cm³/mol. The monoisotopic (exact) mass is 622 g/mol. The molecule has 6 rings (SSSR count). The van der Waals surface area contributed by atoms with E-state index in [1.54, 1.807) is 36.4 Å². The summed E-state index contributed by atoms with van der Waals surface area (Å²) in [6.45, 7) is 0. The summed E-state index contributed by atoms with van der Waals surface area (Å²) < 4.78 is 77.9. The molecule has 226 valence electrons. The van der Waals surface area contributed by atoms with Crippen LogP contribution in [0.2, 0.25) is 0 Å². The van der Waals surface area contributed by atoms with Crippen molar-refractivity contribution in [2.24, 2.45) is 0 Å². The van der Waals surface area contributed by atoms with Crippen molar-refractivity contribution in [3.63, 3.8) is 0 Å². The number of halogens is 3. The lowest BCUT2D eigenvalue weighted by atomic mass is 9.83. The third-order valence-corrected chi connectivity index (χ3v) is 9.14. The van der Waals surface area contributed by atoms with Crippen LogP contribution in [0.1, 0.15) is 34.2 Å². The summed E-state index contributed by atoms with van der Waals surface area (Å²) >= 11 is 0. The number of benzene rings is 4. The number of ether oxygens (including phenoxy) is 1. The zero-order chi connectivity index (χ0) is 31.2. The van der Waals surface area contributed by atoms with Crippen LogP contribution in [0.4, 0.5) is 13.2 Å². The SMILES string of the molecule is O=S(=O)(Oc1cccc(C(F)(F)F)c1)C1CC2OC1C(c1ccc(/C=C/c3cc(O)cc(O)c3)cc1)=C2c1ccc(O)cc1. The largest absolute Gasteiger partial charge is 0.508 e. The second kappa shape index (κ2) is 11.1. The Hall–Kier alpha value is -4.74. The van der Waals surface area contributed by atoms with Crippen LogP contribution in [-0.4, -0.2) is 41.2 Å². The van der Waals surface area contributed by atoms with Crippen molar-refractivity contribution in [3.05, 3.63) is 119 Å². The van der Waals surface area contributed by atoms with Gasteiger partial charge in [0.1, 0.15) is 34.4 Å². The summed E-state index contributed by atoms with van der Waals surface area (Å²) in [6.07, 6.45) is -2.74. The molecule has 0 spiro atoms. The van der Waals surface area contributed by atoms with Gasteiger partial charge >= 0.3 is 16.3 Å². The fraction of sp³-hybridized carbons (Fsp3) is 0.152. The minimum atomic E-state index is -4.67. The zero-order valence-electron chi connectivity index (χ0n) is 22.8. The van der Waals surface area contributed by atoms with E-state index in [1.165, 1.54) is 30.3 Å². The fourth-order valence-corrected chi connectivity index (χ4v) is 7.00. The highest BCUT2D eigenvalue weighted by Crippen LogP contribution is 2.51. The van der Waals surface area contributed by atoms with E-state index in [1.807, 2.05) is 12.1 Å². The van der Waals surface area contributed by atoms with Gasteiger partial charge in [0.2, 0.25) is 0 Å². The quantitative estimate of drug-likeness (QED) is 0.153. The highest BCUT2D eigenvalue weighted by atomic mass is 32.2. The molecule has 4 aromatic carbocycles. The molecule has 2 heterocycles. The summed E-state index contributed by atoms with van der Waals surface area (Å²) in [5, 5.41) is 28.1. The molecule has 2 aliphatic heterocycles. The molecule has 3 unspecified atom stereocenters. The molecule has 1 saturated heterocycles. The van der Waals surface area contributed by atoms with E-state index < -0.39 is 45.1 Å². The number of phenols is 3. The molecule has 0 radical (unpaired) electrons. The average molecular weight is 623 g/mol. The molecule has 3 atom stereocenters. The molecule has 2 aliphatic rings. The van der Waals surface area contributed by atoms with Crippen LogP contribution in [0, 0.1) is 0 Å². The van der Waals surface area contributed by atoms with Crippen LogP contribution in [0.15, 0.2) is 91.0 Å². The molecule has 1 fully saturated rings. The smallest absolute Gasteiger partial charge is 0.416 e. The Bertz CT molecular complexity index is 1860. The lowest BCUT2D eigenvalue weighted by Crippen LogP contribution is -2.35. The first-order valence-corrected chi connectivity index (χ1v) is 15.0. The van der Waals surface area contributed by atoms with Gasteiger partial charge in [-0.2, -0.15) is 21.6 Å². The summed E-state index contributed by atoms with van der Waals surface area (Å²) in [4.78, 5) is 0. The van der Waals surface area contributed by atoms with Gasteiger partial charge in [-0.1, -0.05) is 54.6 Å². The first-order valence-electron chi connectivity index (χ1n) is 13.5. The highest BCUT2D eigenvalue weighted by molar-refractivity contribution is 7.87. The summed E-state index contributed by atoms with van der Waals surface area (Å²) in [5.41, 5.74) is 3.09. The number of alkyl halides is 3. The molecule has 0 aromatic heterocycles. The first kappa shape index (κ1) is 29.3. The Morgan fingerprint density at radius 1 is 0.750 bits per heavy atom. The van der Waals surface area contributed by atoms with Gasteiger partial charge in [-0.05, 0) is 75.9 Å². The van der Waals surface area contributed by atoms with E-state index in [0.29, 0.717) is 22.8 Å². The van der Waals surface area contributed by atoms with Crippen molar-refractivity contribution >= 4 is 33.4 Å². The molecule has 0 amide bonds. The number of hydrogen-bond donors (Lipinski definition) is 3. The molecule has 44 heavy (non-hydrogen) atoms. The zero-order valence-corrected chi connectivity index (χ0v) is 23.6. The van der Waals surface area contributed by atoms with Gasteiger partial charge in [0.15, 0.2) is 0 Å². The molecular formula is C33H25F3O7S. The van der Waals surface area contributed by atoms with Crippen molar-refractivity contribution in [2.45, 2.75) is 30.1 Å². The third-order valence-electron chi connectivity index (χ3n) is 7.53. The number of rotatable bonds is 7. The lowest BCUT2D eigenvalue weighted by Gasteiger charge is -2.25. The van der Waals surface area contributed by atoms with Gasteiger partial charge in [0, 0.05) is 12.5 Å². The fourth-order valence-electron chi connectivity index (χ4n) is 5.59. The van der Waals surface area contributed by atoms with Crippen LogP contribution in [0.25, 0.3) is 23.3 Å². The Morgan fingerprint density at radius 3 is 2.02 bits per heavy atom. The van der Waals surface area contributed by atoms with Crippen LogP contribution in [-0.2, 0) is 21.0 Å². The normalized spacial score (nSPS) is 20.0. The molecule has 0 aliphatic carbocycles. The van der Waals surface area contributed by atoms with Crippen molar-refractivity contribution in [1.82, 2.24) is 0 Å². The lowest BCUT2D eigenvalue weighted by molar-refractivity contribution is -0.137. The molecule has 2 bridgehead atoms. The van der Waals surface area contributed by atoms with Crippen molar-refractivity contribution in [2.75, 3.05) is 0 Å². The number of fused-ring (bicyclic) bond motifs is 2. The number of phenolic OH excluding ortho intramolecular Hbond substituents is 3. The Balaban J connectivity index is 1.33. The van der Waals surface area contributed by atoms with E-state index in [2.05, 4.69) is 0 Å². The summed E-state index contributed by atoms with van der Waals surface area (Å²) in [6, 6.07) is 21.6. The maximum absolute atomic E-state index is 13.5. The van der Waals surface area contributed by atoms with E-state index in [9.17, 15) is 36.9 Å². The van der Waals surface area contributed by atoms with Crippen molar-refractivity contribution < 1.29 is 45.8 Å². The third kappa shape index (κ3) is 5.88. The number of hydrogen-bond acceptors (Lipinski definition) is 7. The second-order valence-corrected chi connectivity index (χ2v) is 12.3. The topological polar surface area (TPSA) is 113 Å². The van der Waals surface area contributed by atoms with Gasteiger partial charge in [0.05, 0.1) is 11.7 Å². The highest BCUT2D eigenvalue weighted by Gasteiger charge is 2.53. The van der Waals surface area contributed by atoms with Crippen LogP contribution < -0.4 is 4.18 Å². The van der Waals surface area contributed by atoms with E-state index in [-0.39, 0.29) is 23.7 Å². The van der Waals surface area contributed by atoms with E-state index in [4.69, 9.17) is 8.92 Å². The molecule has 11 heteroatoms. The molecule has 4 aromatic rings. The Kier molecular flexibility index (Phi) is 7.38. The van der Waals surface area contributed by atoms with Crippen molar-refractivity contribution in [1.29, 1.82) is 0 Å². The van der Waals surface area contributed by atoms with E-state index >= 15 is 0 Å². The summed E-state index contributed by atoms with van der Waals surface area (Å²) in [5.74, 6) is -0.535. The Labute approximate surface area is 250 Å². The van der Waals surface area contributed by atoms with Crippen LogP contribution in [0.5, 0.6) is 23.0 Å². The molecule has 3 N–H and O–H groups in total. The standard InChI is InChI=1S/C33H25F3O7S/c34-33(35,36)23-2-1-3-27(16-23)43-44(40,41)29-18-28-30(21-10-12-24(37)13-11-21)31(32(29)42-28)22-8-6-19(7-9-22)4-5-20-14-25(38)17-26(39)15-20/h1-17,28-29,32,37-39H,18H2/b5-4+. The van der Waals surface area contributed by atoms with Gasteiger partial charge < -0.3 is 24.2 Å². The van der Waals surface area contributed by atoms with E-state index in [0.717, 1.165) is 34.9 Å². The minimum absolute atomic E-state index is 0.0310. The molecular weight excluding hydrogens is 597 g/mol. The first-order chi connectivity index (χ1) is 20.9. The second-order valence-electron chi connectivity index (χ2n) is 10.5. The summed E-state index contributed by atoms with van der Waals surface area (Å²) in [7, 11) is -4.43. The predicted octanol–water partition coefficient (Wildman–Crippen LogP) is 6.85. The maximum atomic E-state index is 13.5. The van der Waals surface area contributed by atoms with Crippen molar-refractivity contribution in [3.8, 4) is 23.0 Å².